The molecule has 0 aliphatic rings. The second-order valence-electron chi connectivity index (χ2n) is 3.26. The quantitative estimate of drug-likeness (QED) is 0.675. The highest BCUT2D eigenvalue weighted by molar-refractivity contribution is 6.33. The van der Waals surface area contributed by atoms with E-state index in [4.69, 9.17) is 11.6 Å². The van der Waals surface area contributed by atoms with Gasteiger partial charge in [0.05, 0.1) is 11.2 Å². The molecule has 0 amide bonds. The average molecular weight is 209 g/mol. The zero-order valence-electron chi connectivity index (χ0n) is 7.91. The molecule has 0 saturated heterocycles. The molecule has 0 N–H and O–H groups in total. The molecule has 0 unspecified atom stereocenters. The smallest absolute Gasteiger partial charge is 0.178 e. The number of carbonyl (C=O) groups is 1. The first-order chi connectivity index (χ1) is 6.59. The van der Waals surface area contributed by atoms with Gasteiger partial charge in [0.2, 0.25) is 0 Å². The van der Waals surface area contributed by atoms with Gasteiger partial charge in [0.25, 0.3) is 0 Å². The van der Waals surface area contributed by atoms with E-state index in [0.717, 1.165) is 5.56 Å². The van der Waals surface area contributed by atoms with Crippen molar-refractivity contribution in [2.75, 3.05) is 0 Å². The summed E-state index contributed by atoms with van der Waals surface area (Å²) < 4.78 is 1.72. The van der Waals surface area contributed by atoms with Gasteiger partial charge in [0, 0.05) is 13.1 Å². The fourth-order valence-corrected chi connectivity index (χ4v) is 1.75. The predicted octanol–water partition coefficient (Wildman–Crippen LogP) is 2.50. The molecule has 4 heteroatoms. The van der Waals surface area contributed by atoms with Gasteiger partial charge in [-0.15, -0.1) is 0 Å². The zero-order valence-corrected chi connectivity index (χ0v) is 8.67. The van der Waals surface area contributed by atoms with E-state index in [1.54, 1.807) is 10.6 Å². The number of imidazole rings is 1. The van der Waals surface area contributed by atoms with E-state index < -0.39 is 0 Å². The lowest BCUT2D eigenvalue weighted by Crippen LogP contribution is -1.98. The Hall–Kier alpha value is -1.35. The Balaban J connectivity index is 2.85. The SMILES string of the molecule is CC(=O)c1cnc2c(Cl)cc(C)cn12. The van der Waals surface area contributed by atoms with Crippen molar-refractivity contribution in [3.05, 3.63) is 34.7 Å². The number of fused-ring (bicyclic) bond motifs is 1. The van der Waals surface area contributed by atoms with Crippen molar-refractivity contribution in [1.82, 2.24) is 9.38 Å². The van der Waals surface area contributed by atoms with Crippen molar-refractivity contribution in [2.24, 2.45) is 0 Å². The molecule has 0 atom stereocenters. The highest BCUT2D eigenvalue weighted by Crippen LogP contribution is 2.19. The zero-order chi connectivity index (χ0) is 10.3. The largest absolute Gasteiger partial charge is 0.296 e. The van der Waals surface area contributed by atoms with E-state index in [9.17, 15) is 4.79 Å². The number of carbonyl (C=O) groups excluding carboxylic acids is 1. The molecule has 0 aliphatic heterocycles. The highest BCUT2D eigenvalue weighted by Gasteiger charge is 2.09. The summed E-state index contributed by atoms with van der Waals surface area (Å²) in [5.74, 6) is -0.0147. The molecule has 2 heterocycles. The summed E-state index contributed by atoms with van der Waals surface area (Å²) in [4.78, 5) is 15.3. The molecule has 0 saturated carbocycles. The van der Waals surface area contributed by atoms with Crippen LogP contribution in [0, 0.1) is 6.92 Å². The normalized spacial score (nSPS) is 10.8. The monoisotopic (exact) mass is 208 g/mol. The van der Waals surface area contributed by atoms with Gasteiger partial charge in [0.15, 0.2) is 11.4 Å². The molecular formula is C10H9ClN2O. The number of ketones is 1. The van der Waals surface area contributed by atoms with Crippen LogP contribution in [0.25, 0.3) is 5.65 Å². The number of rotatable bonds is 1. The van der Waals surface area contributed by atoms with Crippen molar-refractivity contribution in [3.63, 3.8) is 0 Å². The third kappa shape index (κ3) is 1.30. The number of Topliss-reactive ketones (excluding diaryl/α,β-unsaturated/α-hetero) is 1. The van der Waals surface area contributed by atoms with Crippen molar-refractivity contribution < 1.29 is 4.79 Å². The molecule has 0 aliphatic carbocycles. The maximum absolute atomic E-state index is 11.2. The lowest BCUT2D eigenvalue weighted by atomic mass is 10.3. The van der Waals surface area contributed by atoms with Crippen LogP contribution in [0.3, 0.4) is 0 Å². The minimum Gasteiger partial charge on any atom is -0.296 e. The molecule has 2 aromatic heterocycles. The van der Waals surface area contributed by atoms with Gasteiger partial charge in [-0.25, -0.2) is 4.98 Å². The molecule has 0 radical (unpaired) electrons. The Bertz CT molecular complexity index is 516. The van der Waals surface area contributed by atoms with Gasteiger partial charge >= 0.3 is 0 Å². The summed E-state index contributed by atoms with van der Waals surface area (Å²) in [5.41, 5.74) is 2.19. The molecule has 0 fully saturated rings. The number of nitrogens with zero attached hydrogens (tertiary/aromatic N) is 2. The summed E-state index contributed by atoms with van der Waals surface area (Å²) in [5, 5.41) is 0.567. The lowest BCUT2D eigenvalue weighted by Gasteiger charge is -2.01. The Morgan fingerprint density at radius 2 is 2.29 bits per heavy atom. The van der Waals surface area contributed by atoms with E-state index in [-0.39, 0.29) is 5.78 Å². The first-order valence-electron chi connectivity index (χ1n) is 4.24. The van der Waals surface area contributed by atoms with Crippen molar-refractivity contribution in [3.8, 4) is 0 Å². The Morgan fingerprint density at radius 3 is 2.93 bits per heavy atom. The standard InChI is InChI=1S/C10H9ClN2O/c1-6-3-8(11)10-12-4-9(7(2)14)13(10)5-6/h3-5H,1-2H3. The van der Waals surface area contributed by atoms with E-state index in [2.05, 4.69) is 4.98 Å². The van der Waals surface area contributed by atoms with E-state index in [1.165, 1.54) is 6.92 Å². The van der Waals surface area contributed by atoms with Crippen LogP contribution in [-0.2, 0) is 0 Å². The summed E-state index contributed by atoms with van der Waals surface area (Å²) in [6.07, 6.45) is 3.40. The van der Waals surface area contributed by atoms with Crippen LogP contribution in [0.4, 0.5) is 0 Å². The summed E-state index contributed by atoms with van der Waals surface area (Å²) in [6.45, 7) is 3.44. The fourth-order valence-electron chi connectivity index (χ4n) is 1.43. The van der Waals surface area contributed by atoms with E-state index in [0.29, 0.717) is 16.4 Å². The number of aromatic nitrogens is 2. The van der Waals surface area contributed by atoms with Crippen LogP contribution in [-0.4, -0.2) is 15.2 Å². The molecule has 72 valence electrons. The Labute approximate surface area is 86.3 Å². The van der Waals surface area contributed by atoms with Crippen molar-refractivity contribution in [1.29, 1.82) is 0 Å². The van der Waals surface area contributed by atoms with Gasteiger partial charge in [-0.3, -0.25) is 9.20 Å². The minimum absolute atomic E-state index is 0.0147. The maximum atomic E-state index is 11.2. The molecular weight excluding hydrogens is 200 g/mol. The van der Waals surface area contributed by atoms with Crippen LogP contribution in [0.15, 0.2) is 18.5 Å². The van der Waals surface area contributed by atoms with Crippen LogP contribution < -0.4 is 0 Å². The molecule has 0 aromatic carbocycles. The lowest BCUT2D eigenvalue weighted by molar-refractivity contribution is 0.101. The van der Waals surface area contributed by atoms with Gasteiger partial charge < -0.3 is 0 Å². The predicted molar refractivity (Wildman–Crippen MR) is 54.9 cm³/mol. The van der Waals surface area contributed by atoms with Gasteiger partial charge in [-0.1, -0.05) is 11.6 Å². The average Bonchev–Trinajstić information content (AvgIpc) is 2.47. The van der Waals surface area contributed by atoms with Crippen LogP contribution >= 0.6 is 11.6 Å². The van der Waals surface area contributed by atoms with Crippen LogP contribution in [0.5, 0.6) is 0 Å². The second-order valence-corrected chi connectivity index (χ2v) is 3.67. The molecule has 2 rings (SSSR count). The van der Waals surface area contributed by atoms with E-state index >= 15 is 0 Å². The third-order valence-electron chi connectivity index (χ3n) is 2.06. The Morgan fingerprint density at radius 1 is 1.57 bits per heavy atom. The maximum Gasteiger partial charge on any atom is 0.178 e. The number of hydrogen-bond donors (Lipinski definition) is 0. The molecule has 0 bridgehead atoms. The van der Waals surface area contributed by atoms with Crippen LogP contribution in [0.2, 0.25) is 5.02 Å². The van der Waals surface area contributed by atoms with E-state index in [1.807, 2.05) is 19.2 Å². The van der Waals surface area contributed by atoms with Crippen molar-refractivity contribution >= 4 is 23.0 Å². The summed E-state index contributed by atoms with van der Waals surface area (Å²) >= 11 is 5.99. The topological polar surface area (TPSA) is 34.4 Å². The highest BCUT2D eigenvalue weighted by atomic mass is 35.5. The number of pyridine rings is 1. The van der Waals surface area contributed by atoms with Gasteiger partial charge in [0.1, 0.15) is 5.69 Å². The molecule has 14 heavy (non-hydrogen) atoms. The molecule has 2 aromatic rings. The van der Waals surface area contributed by atoms with Crippen LogP contribution in [0.1, 0.15) is 23.0 Å². The molecule has 3 nitrogen and oxygen atoms in total. The molecule has 0 spiro atoms. The summed E-state index contributed by atoms with van der Waals surface area (Å²) in [7, 11) is 0. The third-order valence-corrected chi connectivity index (χ3v) is 2.34. The first kappa shape index (κ1) is 9.21. The first-order valence-corrected chi connectivity index (χ1v) is 4.61. The fraction of sp³-hybridized carbons (Fsp3) is 0.200. The van der Waals surface area contributed by atoms with Gasteiger partial charge in [-0.2, -0.15) is 0 Å². The minimum atomic E-state index is -0.0147. The number of hydrogen-bond acceptors (Lipinski definition) is 2. The van der Waals surface area contributed by atoms with Gasteiger partial charge in [-0.05, 0) is 18.6 Å². The second kappa shape index (κ2) is 3.10. The summed E-state index contributed by atoms with van der Waals surface area (Å²) in [6, 6.07) is 1.83. The number of halogens is 1. The number of aryl methyl sites for hydroxylation is 1. The van der Waals surface area contributed by atoms with Crippen molar-refractivity contribution in [2.45, 2.75) is 13.8 Å². The Kier molecular flexibility index (Phi) is 2.04.